The number of carbonyl (C=O) groups is 1. The first-order chi connectivity index (χ1) is 8.99. The first-order valence-electron chi connectivity index (χ1n) is 6.09. The highest BCUT2D eigenvalue weighted by molar-refractivity contribution is 6.33. The largest absolute Gasteiger partial charge is 0.496 e. The standard InChI is InChI=1S/C13H20ClN3O2.2ClH/c1-4-17(2)6-5-16-13(18)9-7-10(14)11(15)8-12(9)19-3;;/h7-8H,4-6,15H2,1-3H3,(H,16,18);2*1H. The summed E-state index contributed by atoms with van der Waals surface area (Å²) in [5.74, 6) is 0.200. The van der Waals surface area contributed by atoms with Crippen LogP contribution in [0.3, 0.4) is 0 Å². The second kappa shape index (κ2) is 10.8. The minimum absolute atomic E-state index is 0. The number of benzene rings is 1. The molecule has 0 heterocycles. The van der Waals surface area contributed by atoms with Crippen LogP contribution in [0, 0.1) is 0 Å². The Hall–Kier alpha value is -0.880. The Morgan fingerprint density at radius 3 is 2.57 bits per heavy atom. The summed E-state index contributed by atoms with van der Waals surface area (Å²) in [5, 5.41) is 3.17. The van der Waals surface area contributed by atoms with Gasteiger partial charge in [0.05, 0.1) is 23.4 Å². The third-order valence-corrected chi connectivity index (χ3v) is 3.21. The minimum Gasteiger partial charge on any atom is -0.496 e. The van der Waals surface area contributed by atoms with Crippen molar-refractivity contribution in [3.05, 3.63) is 22.7 Å². The predicted molar refractivity (Wildman–Crippen MR) is 92.4 cm³/mol. The van der Waals surface area contributed by atoms with Crippen LogP contribution in [0.2, 0.25) is 5.02 Å². The normalized spacial score (nSPS) is 9.57. The van der Waals surface area contributed by atoms with Gasteiger partial charge in [0.1, 0.15) is 5.75 Å². The summed E-state index contributed by atoms with van der Waals surface area (Å²) in [6, 6.07) is 3.07. The van der Waals surface area contributed by atoms with E-state index in [0.29, 0.717) is 28.6 Å². The summed E-state index contributed by atoms with van der Waals surface area (Å²) in [6.45, 7) is 4.35. The van der Waals surface area contributed by atoms with Crippen molar-refractivity contribution in [1.29, 1.82) is 0 Å². The predicted octanol–water partition coefficient (Wildman–Crippen LogP) is 2.46. The van der Waals surface area contributed by atoms with Gasteiger partial charge in [0, 0.05) is 19.2 Å². The molecule has 0 fully saturated rings. The molecular weight excluding hydrogens is 337 g/mol. The van der Waals surface area contributed by atoms with Crippen molar-refractivity contribution >= 4 is 48.0 Å². The maximum Gasteiger partial charge on any atom is 0.255 e. The Morgan fingerprint density at radius 2 is 2.05 bits per heavy atom. The fourth-order valence-corrected chi connectivity index (χ4v) is 1.69. The zero-order valence-electron chi connectivity index (χ0n) is 12.3. The van der Waals surface area contributed by atoms with Gasteiger partial charge in [0.15, 0.2) is 0 Å². The van der Waals surface area contributed by atoms with Crippen LogP contribution >= 0.6 is 36.4 Å². The third kappa shape index (κ3) is 6.61. The highest BCUT2D eigenvalue weighted by Gasteiger charge is 2.14. The van der Waals surface area contributed by atoms with Crippen molar-refractivity contribution in [2.75, 3.05) is 39.5 Å². The zero-order chi connectivity index (χ0) is 14.4. The molecule has 0 bridgehead atoms. The average molecular weight is 359 g/mol. The van der Waals surface area contributed by atoms with E-state index < -0.39 is 0 Å². The molecule has 122 valence electrons. The Kier molecular flexibility index (Phi) is 11.5. The first kappa shape index (κ1) is 22.4. The number of likely N-dealkylation sites (N-methyl/N-ethyl adjacent to an activating group) is 1. The number of nitrogens with zero attached hydrogens (tertiary/aromatic N) is 1. The highest BCUT2D eigenvalue weighted by Crippen LogP contribution is 2.28. The molecule has 0 aliphatic carbocycles. The van der Waals surface area contributed by atoms with E-state index in [-0.39, 0.29) is 30.7 Å². The highest BCUT2D eigenvalue weighted by atomic mass is 35.5. The van der Waals surface area contributed by atoms with Gasteiger partial charge in [-0.2, -0.15) is 0 Å². The zero-order valence-corrected chi connectivity index (χ0v) is 14.7. The number of nitrogens with one attached hydrogen (secondary N) is 1. The van der Waals surface area contributed by atoms with Crippen molar-refractivity contribution in [2.24, 2.45) is 0 Å². The minimum atomic E-state index is -0.219. The number of amides is 1. The van der Waals surface area contributed by atoms with Crippen molar-refractivity contribution in [2.45, 2.75) is 6.92 Å². The van der Waals surface area contributed by atoms with Crippen LogP contribution in [0.1, 0.15) is 17.3 Å². The van der Waals surface area contributed by atoms with Crippen LogP contribution in [0.5, 0.6) is 5.75 Å². The number of ether oxygens (including phenoxy) is 1. The van der Waals surface area contributed by atoms with Crippen LogP contribution in [0.15, 0.2) is 12.1 Å². The van der Waals surface area contributed by atoms with Gasteiger partial charge >= 0.3 is 0 Å². The lowest BCUT2D eigenvalue weighted by Crippen LogP contribution is -2.33. The van der Waals surface area contributed by atoms with Crippen LogP contribution < -0.4 is 15.8 Å². The SMILES string of the molecule is CCN(C)CCNC(=O)c1cc(Cl)c(N)cc1OC.Cl.Cl. The number of methoxy groups -OCH3 is 1. The lowest BCUT2D eigenvalue weighted by Gasteiger charge is -2.15. The second-order valence-electron chi connectivity index (χ2n) is 4.23. The summed E-state index contributed by atoms with van der Waals surface area (Å²) in [7, 11) is 3.48. The van der Waals surface area contributed by atoms with Crippen molar-refractivity contribution in [3.8, 4) is 5.75 Å². The van der Waals surface area contributed by atoms with Crippen LogP contribution in [-0.4, -0.2) is 44.6 Å². The fourth-order valence-electron chi connectivity index (χ4n) is 1.53. The van der Waals surface area contributed by atoms with Crippen molar-refractivity contribution < 1.29 is 9.53 Å². The lowest BCUT2D eigenvalue weighted by atomic mass is 10.1. The molecule has 0 unspecified atom stereocenters. The second-order valence-corrected chi connectivity index (χ2v) is 4.63. The van der Waals surface area contributed by atoms with E-state index in [1.807, 2.05) is 7.05 Å². The molecule has 1 aromatic rings. The molecule has 0 atom stereocenters. The molecule has 0 aromatic heterocycles. The van der Waals surface area contributed by atoms with E-state index in [2.05, 4.69) is 17.1 Å². The smallest absolute Gasteiger partial charge is 0.255 e. The van der Waals surface area contributed by atoms with E-state index >= 15 is 0 Å². The molecule has 0 saturated heterocycles. The molecule has 0 spiro atoms. The summed E-state index contributed by atoms with van der Waals surface area (Å²) >= 11 is 5.93. The molecular formula is C13H22Cl3N3O2. The van der Waals surface area contributed by atoms with Gasteiger partial charge in [-0.15, -0.1) is 24.8 Å². The number of nitrogen functional groups attached to an aromatic ring is 1. The Labute approximate surface area is 143 Å². The van der Waals surface area contributed by atoms with E-state index in [9.17, 15) is 4.79 Å². The molecule has 5 nitrogen and oxygen atoms in total. The Balaban J connectivity index is 0. The molecule has 8 heteroatoms. The molecule has 0 saturated carbocycles. The quantitative estimate of drug-likeness (QED) is 0.767. The number of anilines is 1. The summed E-state index contributed by atoms with van der Waals surface area (Å²) in [5.41, 5.74) is 6.45. The fraction of sp³-hybridized carbons (Fsp3) is 0.462. The first-order valence-corrected chi connectivity index (χ1v) is 6.47. The molecule has 21 heavy (non-hydrogen) atoms. The molecule has 3 N–H and O–H groups in total. The number of carbonyl (C=O) groups excluding carboxylic acids is 1. The third-order valence-electron chi connectivity index (χ3n) is 2.88. The van der Waals surface area contributed by atoms with E-state index in [4.69, 9.17) is 22.1 Å². The number of halogens is 3. The van der Waals surface area contributed by atoms with Gasteiger partial charge in [-0.05, 0) is 19.7 Å². The van der Waals surface area contributed by atoms with Gasteiger partial charge in [0.2, 0.25) is 0 Å². The van der Waals surface area contributed by atoms with E-state index in [1.165, 1.54) is 13.2 Å². The summed E-state index contributed by atoms with van der Waals surface area (Å²) in [4.78, 5) is 14.2. The van der Waals surface area contributed by atoms with E-state index in [1.54, 1.807) is 6.07 Å². The Bertz CT molecular complexity index is 459. The molecule has 1 amide bonds. The molecule has 0 radical (unpaired) electrons. The Morgan fingerprint density at radius 1 is 1.43 bits per heavy atom. The van der Waals surface area contributed by atoms with Gasteiger partial charge in [-0.3, -0.25) is 4.79 Å². The van der Waals surface area contributed by atoms with Crippen LogP contribution in [-0.2, 0) is 0 Å². The van der Waals surface area contributed by atoms with E-state index in [0.717, 1.165) is 13.1 Å². The molecule has 0 aliphatic rings. The molecule has 1 aromatic carbocycles. The number of hydrogen-bond donors (Lipinski definition) is 2. The van der Waals surface area contributed by atoms with Gasteiger partial charge in [-0.25, -0.2) is 0 Å². The van der Waals surface area contributed by atoms with Gasteiger partial charge < -0.3 is 20.7 Å². The van der Waals surface area contributed by atoms with Crippen LogP contribution in [0.25, 0.3) is 0 Å². The summed E-state index contributed by atoms with van der Waals surface area (Å²) < 4.78 is 5.14. The summed E-state index contributed by atoms with van der Waals surface area (Å²) in [6.07, 6.45) is 0. The number of nitrogens with two attached hydrogens (primary N) is 1. The van der Waals surface area contributed by atoms with Crippen molar-refractivity contribution in [1.82, 2.24) is 10.2 Å². The molecule has 1 rings (SSSR count). The molecule has 0 aliphatic heterocycles. The van der Waals surface area contributed by atoms with Gasteiger partial charge in [0.25, 0.3) is 5.91 Å². The van der Waals surface area contributed by atoms with Crippen LogP contribution in [0.4, 0.5) is 5.69 Å². The topological polar surface area (TPSA) is 67.6 Å². The number of hydrogen-bond acceptors (Lipinski definition) is 4. The van der Waals surface area contributed by atoms with Gasteiger partial charge in [-0.1, -0.05) is 18.5 Å². The maximum atomic E-state index is 12.0. The average Bonchev–Trinajstić information content (AvgIpc) is 2.40. The van der Waals surface area contributed by atoms with Crippen molar-refractivity contribution in [3.63, 3.8) is 0 Å². The number of rotatable bonds is 6. The maximum absolute atomic E-state index is 12.0. The monoisotopic (exact) mass is 357 g/mol. The lowest BCUT2D eigenvalue weighted by molar-refractivity contribution is 0.0947.